The number of thiazole rings is 1. The molecule has 2 N–H and O–H groups in total. The van der Waals surface area contributed by atoms with Gasteiger partial charge in [0, 0.05) is 34.6 Å². The normalized spacial score (nSPS) is 11.0. The van der Waals surface area contributed by atoms with Gasteiger partial charge in [0.15, 0.2) is 5.13 Å². The molecule has 0 spiro atoms. The number of para-hydroxylation sites is 1. The monoisotopic (exact) mass is 365 g/mol. The van der Waals surface area contributed by atoms with E-state index >= 15 is 0 Å². The standard InChI is InChI=1S/C20H16FN3OS/c21-14-7-5-13(6-8-14)19-16(15-3-1-2-4-17(15)23-19)9-10-18(25)24-20-22-11-12-26-20/h1-8,11-12,23H,9-10H2,(H,22,24,25). The quantitative estimate of drug-likeness (QED) is 0.523. The number of rotatable bonds is 5. The van der Waals surface area contributed by atoms with Crippen LogP contribution in [0.1, 0.15) is 12.0 Å². The van der Waals surface area contributed by atoms with E-state index < -0.39 is 0 Å². The van der Waals surface area contributed by atoms with E-state index in [1.54, 1.807) is 18.3 Å². The summed E-state index contributed by atoms with van der Waals surface area (Å²) in [6, 6.07) is 14.4. The molecule has 0 bridgehead atoms. The number of anilines is 1. The van der Waals surface area contributed by atoms with E-state index in [2.05, 4.69) is 15.3 Å². The molecule has 0 aliphatic rings. The van der Waals surface area contributed by atoms with Crippen molar-refractivity contribution >= 4 is 33.3 Å². The zero-order valence-corrected chi connectivity index (χ0v) is 14.6. The highest BCUT2D eigenvalue weighted by Crippen LogP contribution is 2.31. The molecule has 2 aromatic heterocycles. The summed E-state index contributed by atoms with van der Waals surface area (Å²) in [5, 5.41) is 6.31. The zero-order chi connectivity index (χ0) is 17.9. The second-order valence-corrected chi connectivity index (χ2v) is 6.81. The van der Waals surface area contributed by atoms with E-state index in [1.807, 2.05) is 29.6 Å². The lowest BCUT2D eigenvalue weighted by Crippen LogP contribution is -2.12. The van der Waals surface area contributed by atoms with Crippen molar-refractivity contribution in [2.75, 3.05) is 5.32 Å². The lowest BCUT2D eigenvalue weighted by atomic mass is 10.0. The Labute approximate surface area is 153 Å². The van der Waals surface area contributed by atoms with Crippen molar-refractivity contribution in [3.63, 3.8) is 0 Å². The first kappa shape index (κ1) is 16.5. The molecule has 0 aliphatic heterocycles. The summed E-state index contributed by atoms with van der Waals surface area (Å²) < 4.78 is 13.3. The van der Waals surface area contributed by atoms with Crippen molar-refractivity contribution < 1.29 is 9.18 Å². The van der Waals surface area contributed by atoms with Gasteiger partial charge in [-0.2, -0.15) is 0 Å². The number of benzene rings is 2. The summed E-state index contributed by atoms with van der Waals surface area (Å²) in [7, 11) is 0. The smallest absolute Gasteiger partial charge is 0.226 e. The largest absolute Gasteiger partial charge is 0.354 e. The number of amides is 1. The topological polar surface area (TPSA) is 57.8 Å². The number of hydrogen-bond donors (Lipinski definition) is 2. The Hall–Kier alpha value is -2.99. The van der Waals surface area contributed by atoms with Crippen LogP contribution >= 0.6 is 11.3 Å². The summed E-state index contributed by atoms with van der Waals surface area (Å²) in [6.45, 7) is 0. The predicted octanol–water partition coefficient (Wildman–Crippen LogP) is 5.00. The Bertz CT molecular complexity index is 1040. The van der Waals surface area contributed by atoms with Crippen molar-refractivity contribution in [3.8, 4) is 11.3 Å². The molecule has 2 heterocycles. The molecular weight excluding hydrogens is 349 g/mol. The lowest BCUT2D eigenvalue weighted by molar-refractivity contribution is -0.116. The first-order valence-electron chi connectivity index (χ1n) is 8.25. The average molecular weight is 365 g/mol. The third-order valence-corrected chi connectivity index (χ3v) is 4.92. The minimum absolute atomic E-state index is 0.0738. The molecular formula is C20H16FN3OS. The van der Waals surface area contributed by atoms with Crippen LogP contribution in [0.2, 0.25) is 0 Å². The van der Waals surface area contributed by atoms with Crippen molar-refractivity contribution in [3.05, 3.63) is 71.5 Å². The number of fused-ring (bicyclic) bond motifs is 1. The van der Waals surface area contributed by atoms with Crippen LogP contribution in [0, 0.1) is 5.82 Å². The Morgan fingerprint density at radius 1 is 1.15 bits per heavy atom. The fourth-order valence-corrected chi connectivity index (χ4v) is 3.57. The summed E-state index contributed by atoms with van der Waals surface area (Å²) in [6.07, 6.45) is 2.58. The van der Waals surface area contributed by atoms with Crippen LogP contribution in [0.5, 0.6) is 0 Å². The average Bonchev–Trinajstić information content (AvgIpc) is 3.28. The number of aryl methyl sites for hydroxylation is 1. The number of nitrogens with zero attached hydrogens (tertiary/aromatic N) is 1. The SMILES string of the molecule is O=C(CCc1c(-c2ccc(F)cc2)[nH]c2ccccc12)Nc1nccs1. The van der Waals surface area contributed by atoms with Gasteiger partial charge in [-0.05, 0) is 47.9 Å². The van der Waals surface area contributed by atoms with Crippen LogP contribution < -0.4 is 5.32 Å². The molecule has 0 unspecified atom stereocenters. The molecule has 130 valence electrons. The minimum Gasteiger partial charge on any atom is -0.354 e. The van der Waals surface area contributed by atoms with E-state index in [-0.39, 0.29) is 11.7 Å². The number of hydrogen-bond acceptors (Lipinski definition) is 3. The predicted molar refractivity (Wildman–Crippen MR) is 103 cm³/mol. The maximum Gasteiger partial charge on any atom is 0.226 e. The fraction of sp³-hybridized carbons (Fsp3) is 0.100. The van der Waals surface area contributed by atoms with Gasteiger partial charge in [-0.25, -0.2) is 9.37 Å². The fourth-order valence-electron chi connectivity index (χ4n) is 3.03. The summed E-state index contributed by atoms with van der Waals surface area (Å²) in [5.41, 5.74) is 3.88. The van der Waals surface area contributed by atoms with Crippen LogP contribution in [0.3, 0.4) is 0 Å². The Morgan fingerprint density at radius 2 is 1.96 bits per heavy atom. The molecule has 4 rings (SSSR count). The first-order valence-corrected chi connectivity index (χ1v) is 9.13. The van der Waals surface area contributed by atoms with Crippen LogP contribution in [0.4, 0.5) is 9.52 Å². The molecule has 26 heavy (non-hydrogen) atoms. The van der Waals surface area contributed by atoms with Crippen molar-refractivity contribution in [2.24, 2.45) is 0 Å². The van der Waals surface area contributed by atoms with Crippen LogP contribution in [-0.4, -0.2) is 15.9 Å². The molecule has 2 aromatic carbocycles. The zero-order valence-electron chi connectivity index (χ0n) is 13.8. The molecule has 0 atom stereocenters. The maximum absolute atomic E-state index is 13.3. The second kappa shape index (κ2) is 7.09. The molecule has 0 saturated heterocycles. The van der Waals surface area contributed by atoms with E-state index in [0.717, 1.165) is 27.7 Å². The first-order chi connectivity index (χ1) is 12.7. The second-order valence-electron chi connectivity index (χ2n) is 5.92. The Morgan fingerprint density at radius 3 is 2.73 bits per heavy atom. The number of H-pyrrole nitrogens is 1. The highest BCUT2D eigenvalue weighted by molar-refractivity contribution is 7.13. The molecule has 4 nitrogen and oxygen atoms in total. The molecule has 4 aromatic rings. The summed E-state index contributed by atoms with van der Waals surface area (Å²) >= 11 is 1.39. The molecule has 6 heteroatoms. The highest BCUT2D eigenvalue weighted by atomic mass is 32.1. The van der Waals surface area contributed by atoms with Crippen molar-refractivity contribution in [1.82, 2.24) is 9.97 Å². The van der Waals surface area contributed by atoms with Crippen molar-refractivity contribution in [2.45, 2.75) is 12.8 Å². The van der Waals surface area contributed by atoms with Gasteiger partial charge >= 0.3 is 0 Å². The lowest BCUT2D eigenvalue weighted by Gasteiger charge is -2.06. The number of aromatic nitrogens is 2. The van der Waals surface area contributed by atoms with E-state index in [9.17, 15) is 9.18 Å². The van der Waals surface area contributed by atoms with E-state index in [0.29, 0.717) is 18.0 Å². The third kappa shape index (κ3) is 3.36. The summed E-state index contributed by atoms with van der Waals surface area (Å²) in [5.74, 6) is -0.343. The van der Waals surface area contributed by atoms with E-state index in [4.69, 9.17) is 0 Å². The minimum atomic E-state index is -0.269. The van der Waals surface area contributed by atoms with E-state index in [1.165, 1.54) is 23.5 Å². The third-order valence-electron chi connectivity index (χ3n) is 4.23. The van der Waals surface area contributed by atoms with Crippen molar-refractivity contribution in [1.29, 1.82) is 0 Å². The molecule has 1 amide bonds. The number of nitrogens with one attached hydrogen (secondary N) is 2. The van der Waals surface area contributed by atoms with Crippen LogP contribution in [-0.2, 0) is 11.2 Å². The molecule has 0 fully saturated rings. The van der Waals surface area contributed by atoms with Crippen LogP contribution in [0.15, 0.2) is 60.1 Å². The summed E-state index contributed by atoms with van der Waals surface area (Å²) in [4.78, 5) is 19.7. The molecule has 0 saturated carbocycles. The molecule has 0 aliphatic carbocycles. The van der Waals surface area contributed by atoms with Gasteiger partial charge in [0.2, 0.25) is 5.91 Å². The number of carbonyl (C=O) groups is 1. The molecule has 0 radical (unpaired) electrons. The number of aromatic amines is 1. The van der Waals surface area contributed by atoms with Crippen LogP contribution in [0.25, 0.3) is 22.2 Å². The van der Waals surface area contributed by atoms with Gasteiger partial charge in [0.05, 0.1) is 0 Å². The Kier molecular flexibility index (Phi) is 4.50. The number of carbonyl (C=O) groups excluding carboxylic acids is 1. The Balaban J connectivity index is 1.63. The van der Waals surface area contributed by atoms with Gasteiger partial charge < -0.3 is 10.3 Å². The highest BCUT2D eigenvalue weighted by Gasteiger charge is 2.15. The van der Waals surface area contributed by atoms with Gasteiger partial charge in [-0.1, -0.05) is 18.2 Å². The van der Waals surface area contributed by atoms with Gasteiger partial charge in [0.25, 0.3) is 0 Å². The van der Waals surface area contributed by atoms with Gasteiger partial charge in [0.1, 0.15) is 5.82 Å². The van der Waals surface area contributed by atoms with Gasteiger partial charge in [-0.15, -0.1) is 11.3 Å². The maximum atomic E-state index is 13.3. The van der Waals surface area contributed by atoms with Gasteiger partial charge in [-0.3, -0.25) is 4.79 Å². The number of halogens is 1.